The van der Waals surface area contributed by atoms with Crippen molar-refractivity contribution in [2.45, 2.75) is 51.0 Å². The van der Waals surface area contributed by atoms with Gasteiger partial charge in [-0.25, -0.2) is 0 Å². The van der Waals surface area contributed by atoms with Crippen molar-refractivity contribution >= 4 is 0 Å². The molecule has 100 valence electrons. The molecule has 0 radical (unpaired) electrons. The van der Waals surface area contributed by atoms with Gasteiger partial charge >= 0.3 is 0 Å². The van der Waals surface area contributed by atoms with Gasteiger partial charge < -0.3 is 5.73 Å². The Hall–Kier alpha value is -0.900. The van der Waals surface area contributed by atoms with E-state index in [9.17, 15) is 0 Å². The Labute approximate surface area is 109 Å². The molecule has 4 unspecified atom stereocenters. The number of nitrogens with zero attached hydrogens (tertiary/aromatic N) is 3. The third-order valence-electron chi connectivity index (χ3n) is 5.18. The van der Waals surface area contributed by atoms with Crippen LogP contribution in [0.3, 0.4) is 0 Å². The van der Waals surface area contributed by atoms with Crippen LogP contribution in [0.1, 0.15) is 56.7 Å². The van der Waals surface area contributed by atoms with Gasteiger partial charge in [0.05, 0.1) is 17.9 Å². The number of aromatic nitrogens is 3. The van der Waals surface area contributed by atoms with Crippen LogP contribution < -0.4 is 5.73 Å². The van der Waals surface area contributed by atoms with Crippen LogP contribution in [0.5, 0.6) is 0 Å². The van der Waals surface area contributed by atoms with Crippen molar-refractivity contribution in [2.24, 2.45) is 30.5 Å². The molecule has 2 aliphatic rings. The second-order valence-electron chi connectivity index (χ2n) is 6.19. The minimum Gasteiger partial charge on any atom is -0.322 e. The zero-order chi connectivity index (χ0) is 12.5. The normalized spacial score (nSPS) is 34.0. The van der Waals surface area contributed by atoms with Gasteiger partial charge in [0.2, 0.25) is 0 Å². The molecule has 2 aliphatic carbocycles. The average molecular weight is 248 g/mol. The van der Waals surface area contributed by atoms with Gasteiger partial charge in [-0.1, -0.05) is 30.9 Å². The largest absolute Gasteiger partial charge is 0.322 e. The molecular weight excluding hydrogens is 224 g/mol. The standard InChI is InChI=1S/C14H24N4/c1-18-13(9-16-17-18)14(15)12-7-6-10-4-2-3-5-11(10)8-12/h9-12,14H,2-8,15H2,1H3. The fourth-order valence-electron chi connectivity index (χ4n) is 4.08. The van der Waals surface area contributed by atoms with Crippen molar-refractivity contribution in [1.82, 2.24) is 15.0 Å². The highest BCUT2D eigenvalue weighted by Gasteiger charge is 2.35. The molecule has 2 saturated carbocycles. The van der Waals surface area contributed by atoms with Gasteiger partial charge in [0.15, 0.2) is 0 Å². The third kappa shape index (κ3) is 2.18. The summed E-state index contributed by atoms with van der Waals surface area (Å²) < 4.78 is 1.83. The lowest BCUT2D eigenvalue weighted by Crippen LogP contribution is -2.33. The highest BCUT2D eigenvalue weighted by molar-refractivity contribution is 5.04. The second kappa shape index (κ2) is 5.00. The lowest BCUT2D eigenvalue weighted by molar-refractivity contribution is 0.116. The Balaban J connectivity index is 1.68. The molecule has 0 bridgehead atoms. The molecule has 3 rings (SSSR count). The number of fused-ring (bicyclic) bond motifs is 1. The molecule has 0 spiro atoms. The van der Waals surface area contributed by atoms with E-state index in [-0.39, 0.29) is 6.04 Å². The van der Waals surface area contributed by atoms with E-state index < -0.39 is 0 Å². The number of nitrogens with two attached hydrogens (primary N) is 1. The van der Waals surface area contributed by atoms with Crippen molar-refractivity contribution in [3.63, 3.8) is 0 Å². The molecular formula is C14H24N4. The molecule has 0 aromatic carbocycles. The van der Waals surface area contributed by atoms with Gasteiger partial charge in [-0.15, -0.1) is 5.10 Å². The summed E-state index contributed by atoms with van der Waals surface area (Å²) in [6.45, 7) is 0. The SMILES string of the molecule is Cn1nncc1C(N)C1CCC2CCCCC2C1. The third-order valence-corrected chi connectivity index (χ3v) is 5.18. The Bertz CT molecular complexity index is 400. The molecule has 1 aromatic rings. The van der Waals surface area contributed by atoms with Crippen molar-refractivity contribution in [3.05, 3.63) is 11.9 Å². The van der Waals surface area contributed by atoms with Gasteiger partial charge in [-0.05, 0) is 37.0 Å². The number of hydrogen-bond acceptors (Lipinski definition) is 3. The minimum atomic E-state index is 0.118. The number of aryl methyl sites for hydroxylation is 1. The topological polar surface area (TPSA) is 56.7 Å². The van der Waals surface area contributed by atoms with Gasteiger partial charge in [0.25, 0.3) is 0 Å². The number of hydrogen-bond donors (Lipinski definition) is 1. The molecule has 0 amide bonds. The van der Waals surface area contributed by atoms with E-state index in [4.69, 9.17) is 5.73 Å². The van der Waals surface area contributed by atoms with Crippen LogP contribution in [0.15, 0.2) is 6.20 Å². The van der Waals surface area contributed by atoms with E-state index in [0.717, 1.165) is 17.5 Å². The molecule has 0 saturated heterocycles. The highest BCUT2D eigenvalue weighted by atomic mass is 15.4. The summed E-state index contributed by atoms with van der Waals surface area (Å²) in [5.41, 5.74) is 7.53. The first kappa shape index (κ1) is 12.2. The van der Waals surface area contributed by atoms with E-state index in [0.29, 0.717) is 5.92 Å². The Morgan fingerprint density at radius 1 is 1.22 bits per heavy atom. The first-order chi connectivity index (χ1) is 8.75. The van der Waals surface area contributed by atoms with Crippen LogP contribution in [0.4, 0.5) is 0 Å². The van der Waals surface area contributed by atoms with E-state index in [1.165, 1.54) is 44.9 Å². The molecule has 4 atom stereocenters. The van der Waals surface area contributed by atoms with Gasteiger partial charge in [0, 0.05) is 7.05 Å². The maximum absolute atomic E-state index is 6.44. The van der Waals surface area contributed by atoms with Crippen molar-refractivity contribution in [1.29, 1.82) is 0 Å². The van der Waals surface area contributed by atoms with Crippen molar-refractivity contribution in [3.8, 4) is 0 Å². The molecule has 18 heavy (non-hydrogen) atoms. The maximum Gasteiger partial charge on any atom is 0.0753 e. The van der Waals surface area contributed by atoms with Crippen LogP contribution in [0.25, 0.3) is 0 Å². The van der Waals surface area contributed by atoms with Gasteiger partial charge in [-0.2, -0.15) is 0 Å². The summed E-state index contributed by atoms with van der Waals surface area (Å²) >= 11 is 0. The fraction of sp³-hybridized carbons (Fsp3) is 0.857. The Morgan fingerprint density at radius 2 is 2.00 bits per heavy atom. The second-order valence-corrected chi connectivity index (χ2v) is 6.19. The number of rotatable bonds is 2. The monoisotopic (exact) mass is 248 g/mol. The predicted molar refractivity (Wildman–Crippen MR) is 70.7 cm³/mol. The summed E-state index contributed by atoms with van der Waals surface area (Å²) in [6.07, 6.45) is 11.6. The van der Waals surface area contributed by atoms with E-state index in [1.807, 2.05) is 17.9 Å². The lowest BCUT2D eigenvalue weighted by atomic mass is 9.66. The Kier molecular flexibility index (Phi) is 3.37. The smallest absolute Gasteiger partial charge is 0.0753 e. The van der Waals surface area contributed by atoms with Crippen LogP contribution in [0.2, 0.25) is 0 Å². The highest BCUT2D eigenvalue weighted by Crippen LogP contribution is 2.45. The summed E-state index contributed by atoms with van der Waals surface area (Å²) in [5, 5.41) is 7.95. The summed E-state index contributed by atoms with van der Waals surface area (Å²) in [7, 11) is 1.94. The molecule has 4 nitrogen and oxygen atoms in total. The first-order valence-electron chi connectivity index (χ1n) is 7.36. The molecule has 0 aliphatic heterocycles. The van der Waals surface area contributed by atoms with Crippen molar-refractivity contribution < 1.29 is 0 Å². The molecule has 1 heterocycles. The fourth-order valence-corrected chi connectivity index (χ4v) is 4.08. The molecule has 2 N–H and O–H groups in total. The van der Waals surface area contributed by atoms with E-state index >= 15 is 0 Å². The van der Waals surface area contributed by atoms with Crippen LogP contribution in [-0.2, 0) is 7.05 Å². The summed E-state index contributed by atoms with van der Waals surface area (Å²) in [6, 6.07) is 0.118. The van der Waals surface area contributed by atoms with E-state index in [2.05, 4.69) is 10.3 Å². The summed E-state index contributed by atoms with van der Waals surface area (Å²) in [4.78, 5) is 0. The average Bonchev–Trinajstić information content (AvgIpc) is 2.83. The predicted octanol–water partition coefficient (Wildman–Crippen LogP) is 2.42. The minimum absolute atomic E-state index is 0.118. The lowest BCUT2D eigenvalue weighted by Gasteiger charge is -2.41. The zero-order valence-electron chi connectivity index (χ0n) is 11.3. The first-order valence-corrected chi connectivity index (χ1v) is 7.36. The zero-order valence-corrected chi connectivity index (χ0v) is 11.3. The molecule has 2 fully saturated rings. The summed E-state index contributed by atoms with van der Waals surface area (Å²) in [5.74, 6) is 2.55. The van der Waals surface area contributed by atoms with Crippen LogP contribution in [0, 0.1) is 17.8 Å². The maximum atomic E-state index is 6.44. The van der Waals surface area contributed by atoms with Crippen LogP contribution in [-0.4, -0.2) is 15.0 Å². The van der Waals surface area contributed by atoms with Gasteiger partial charge in [-0.3, -0.25) is 4.68 Å². The van der Waals surface area contributed by atoms with Gasteiger partial charge in [0.1, 0.15) is 0 Å². The Morgan fingerprint density at radius 3 is 2.72 bits per heavy atom. The molecule has 4 heteroatoms. The van der Waals surface area contributed by atoms with Crippen molar-refractivity contribution in [2.75, 3.05) is 0 Å². The quantitative estimate of drug-likeness (QED) is 0.874. The molecule has 1 aromatic heterocycles. The van der Waals surface area contributed by atoms with Crippen LogP contribution >= 0.6 is 0 Å². The van der Waals surface area contributed by atoms with E-state index in [1.54, 1.807) is 0 Å².